The van der Waals surface area contributed by atoms with E-state index in [1.54, 1.807) is 65.5 Å². The van der Waals surface area contributed by atoms with Crippen LogP contribution >= 0.6 is 0 Å². The number of amides is 3. The number of rotatable bonds is 14. The van der Waals surface area contributed by atoms with E-state index in [4.69, 9.17) is 14.2 Å². The molecule has 0 radical (unpaired) electrons. The number of methoxy groups -OCH3 is 1. The summed E-state index contributed by atoms with van der Waals surface area (Å²) < 4.78 is 17.7. The van der Waals surface area contributed by atoms with Crippen LogP contribution in [0.4, 0.5) is 11.4 Å². The van der Waals surface area contributed by atoms with Crippen molar-refractivity contribution in [3.63, 3.8) is 0 Å². The van der Waals surface area contributed by atoms with Gasteiger partial charge in [0.05, 0.1) is 44.3 Å². The Morgan fingerprint density at radius 2 is 1.55 bits per heavy atom. The predicted molar refractivity (Wildman–Crippen MR) is 186 cm³/mol. The molecule has 10 heteroatoms. The van der Waals surface area contributed by atoms with Crippen LogP contribution in [0.25, 0.3) is 0 Å². The third kappa shape index (κ3) is 5.89. The fraction of sp³-hybridized carbons (Fsp3) is 0.359. The summed E-state index contributed by atoms with van der Waals surface area (Å²) >= 11 is 0. The molecule has 3 fully saturated rings. The molecule has 3 aliphatic rings. The summed E-state index contributed by atoms with van der Waals surface area (Å²) in [6.45, 7) is 10.1. The van der Waals surface area contributed by atoms with Gasteiger partial charge < -0.3 is 34.0 Å². The van der Waals surface area contributed by atoms with Crippen LogP contribution in [0, 0.1) is 11.8 Å². The molecule has 3 amide bonds. The van der Waals surface area contributed by atoms with Crippen molar-refractivity contribution in [2.45, 2.75) is 43.6 Å². The number of hydrogen-bond donors (Lipinski definition) is 1. The zero-order chi connectivity index (χ0) is 34.7. The summed E-state index contributed by atoms with van der Waals surface area (Å²) in [4.78, 5) is 49.3. The number of aliphatic hydroxyl groups excluding tert-OH is 1. The molecule has 0 saturated carbocycles. The van der Waals surface area contributed by atoms with Crippen LogP contribution in [0.15, 0.2) is 104 Å². The van der Waals surface area contributed by atoms with Gasteiger partial charge in [0.1, 0.15) is 23.1 Å². The number of anilines is 2. The Morgan fingerprint density at radius 1 is 0.959 bits per heavy atom. The van der Waals surface area contributed by atoms with Crippen molar-refractivity contribution in [3.8, 4) is 11.5 Å². The maximum atomic E-state index is 15.0. The van der Waals surface area contributed by atoms with Crippen molar-refractivity contribution in [1.29, 1.82) is 0 Å². The van der Waals surface area contributed by atoms with Crippen molar-refractivity contribution in [2.75, 3.05) is 43.2 Å². The Labute approximate surface area is 287 Å². The maximum absolute atomic E-state index is 15.0. The molecule has 256 valence electrons. The lowest BCUT2D eigenvalue weighted by Crippen LogP contribution is -2.57. The molecule has 3 saturated heterocycles. The minimum Gasteiger partial charge on any atom is -0.497 e. The van der Waals surface area contributed by atoms with Crippen LogP contribution in [-0.4, -0.2) is 78.9 Å². The Balaban J connectivity index is 1.44. The molecule has 2 bridgehead atoms. The summed E-state index contributed by atoms with van der Waals surface area (Å²) in [6.07, 6.45) is 3.62. The van der Waals surface area contributed by atoms with Gasteiger partial charge in [0.25, 0.3) is 5.91 Å². The van der Waals surface area contributed by atoms with Crippen LogP contribution in [0.2, 0.25) is 0 Å². The van der Waals surface area contributed by atoms with Crippen LogP contribution < -0.4 is 19.3 Å². The maximum Gasteiger partial charge on any atom is 0.253 e. The monoisotopic (exact) mass is 665 g/mol. The Morgan fingerprint density at radius 3 is 2.10 bits per heavy atom. The minimum absolute atomic E-state index is 0.163. The van der Waals surface area contributed by atoms with Gasteiger partial charge in [0.15, 0.2) is 0 Å². The number of hydrogen-bond acceptors (Lipinski definition) is 7. The molecule has 0 aliphatic carbocycles. The topological polar surface area (TPSA) is 109 Å². The van der Waals surface area contributed by atoms with Crippen molar-refractivity contribution in [1.82, 2.24) is 4.90 Å². The van der Waals surface area contributed by atoms with Crippen molar-refractivity contribution in [3.05, 3.63) is 110 Å². The van der Waals surface area contributed by atoms with E-state index in [2.05, 4.69) is 13.2 Å². The summed E-state index contributed by atoms with van der Waals surface area (Å²) in [5, 5.41) is 10.9. The highest BCUT2D eigenvalue weighted by Crippen LogP contribution is 2.60. The highest BCUT2D eigenvalue weighted by Gasteiger charge is 2.75. The van der Waals surface area contributed by atoms with Crippen molar-refractivity contribution >= 4 is 29.1 Å². The number of benzene rings is 3. The van der Waals surface area contributed by atoms with Gasteiger partial charge in [-0.1, -0.05) is 42.5 Å². The number of fused-ring (bicyclic) bond motifs is 1. The van der Waals surface area contributed by atoms with Gasteiger partial charge in [-0.2, -0.15) is 0 Å². The van der Waals surface area contributed by atoms with E-state index in [9.17, 15) is 14.7 Å². The Hall–Kier alpha value is -4.93. The number of carbonyl (C=O) groups is 3. The summed E-state index contributed by atoms with van der Waals surface area (Å²) in [7, 11) is 1.57. The lowest BCUT2D eigenvalue weighted by atomic mass is 9.70. The highest BCUT2D eigenvalue weighted by atomic mass is 16.5. The third-order valence-electron chi connectivity index (χ3n) is 9.95. The normalized spacial score (nSPS) is 24.2. The molecule has 49 heavy (non-hydrogen) atoms. The first-order valence-corrected chi connectivity index (χ1v) is 16.7. The first-order chi connectivity index (χ1) is 23.8. The van der Waals surface area contributed by atoms with Crippen LogP contribution in [-0.2, 0) is 19.1 Å². The number of likely N-dealkylation sites (tertiary alicyclic amines) is 1. The van der Waals surface area contributed by atoms with E-state index in [1.807, 2.05) is 49.4 Å². The van der Waals surface area contributed by atoms with E-state index in [1.165, 1.54) is 4.90 Å². The first-order valence-electron chi connectivity index (χ1n) is 16.7. The Bertz CT molecular complexity index is 1680. The molecule has 10 nitrogen and oxygen atoms in total. The largest absolute Gasteiger partial charge is 0.497 e. The van der Waals surface area contributed by atoms with E-state index in [-0.39, 0.29) is 30.8 Å². The lowest BCUT2D eigenvalue weighted by molar-refractivity contribution is -0.144. The second-order valence-electron chi connectivity index (χ2n) is 12.5. The molecule has 0 aromatic heterocycles. The molecule has 6 rings (SSSR count). The van der Waals surface area contributed by atoms with Gasteiger partial charge >= 0.3 is 0 Å². The van der Waals surface area contributed by atoms with Gasteiger partial charge in [0, 0.05) is 24.5 Å². The zero-order valence-corrected chi connectivity index (χ0v) is 27.9. The quantitative estimate of drug-likeness (QED) is 0.243. The molecule has 6 atom stereocenters. The van der Waals surface area contributed by atoms with E-state index >= 15 is 4.79 Å². The van der Waals surface area contributed by atoms with E-state index in [0.717, 1.165) is 0 Å². The molecule has 3 heterocycles. The van der Waals surface area contributed by atoms with Crippen LogP contribution in [0.1, 0.15) is 31.4 Å². The molecular weight excluding hydrogens is 622 g/mol. The molecule has 3 aromatic carbocycles. The summed E-state index contributed by atoms with van der Waals surface area (Å²) in [5.41, 5.74) is 0.610. The van der Waals surface area contributed by atoms with Crippen molar-refractivity contribution < 1.29 is 33.7 Å². The average Bonchev–Trinajstić information content (AvgIpc) is 3.78. The smallest absolute Gasteiger partial charge is 0.253 e. The fourth-order valence-corrected chi connectivity index (χ4v) is 7.90. The number of nitrogens with zero attached hydrogens (tertiary/aromatic N) is 3. The standard InChI is InChI=1S/C39H43N3O7/c1-5-23-40(27-15-19-30(20-16-27)48-7-3)36(44)33-32-21-22-39(49-32)34(33)37(45)42(31(25-43)26-11-9-8-10-12-26)35(39)38(46)41(24-6-2)28-13-17-29(47-4)18-14-28/h5-6,8-20,31-35,43H,1-2,7,21-25H2,3-4H3/t31-,32+,33-,34+,35?,39?/m1/s1. The first kappa shape index (κ1) is 34.0. The molecule has 3 aromatic rings. The average molecular weight is 666 g/mol. The number of aliphatic hydroxyl groups is 1. The van der Waals surface area contributed by atoms with Crippen LogP contribution in [0.3, 0.4) is 0 Å². The summed E-state index contributed by atoms with van der Waals surface area (Å²) in [5.74, 6) is -1.52. The summed E-state index contributed by atoms with van der Waals surface area (Å²) in [6, 6.07) is 21.5. The third-order valence-corrected chi connectivity index (χ3v) is 9.95. The zero-order valence-electron chi connectivity index (χ0n) is 27.9. The van der Waals surface area contributed by atoms with Crippen LogP contribution in [0.5, 0.6) is 11.5 Å². The second-order valence-corrected chi connectivity index (χ2v) is 12.5. The molecule has 1 spiro atoms. The molecule has 2 unspecified atom stereocenters. The van der Waals surface area contributed by atoms with E-state index in [0.29, 0.717) is 47.9 Å². The Kier molecular flexibility index (Phi) is 9.89. The molecule has 1 N–H and O–H groups in total. The van der Waals surface area contributed by atoms with E-state index < -0.39 is 42.2 Å². The van der Waals surface area contributed by atoms with Gasteiger partial charge in [-0.05, 0) is 73.9 Å². The predicted octanol–water partition coefficient (Wildman–Crippen LogP) is 4.94. The molecular formula is C39H43N3O7. The van der Waals surface area contributed by atoms with Gasteiger partial charge in [-0.25, -0.2) is 0 Å². The van der Waals surface area contributed by atoms with Crippen molar-refractivity contribution in [2.24, 2.45) is 11.8 Å². The fourth-order valence-electron chi connectivity index (χ4n) is 7.90. The SMILES string of the molecule is C=CCN(C(=O)C1N([C@H](CO)c2ccccc2)C(=O)[C@@H]2[C@H](C(=O)N(CC=C)c3ccc(OCC)cc3)[C@@H]3CCC12O3)c1ccc(OC)cc1. The molecule has 3 aliphatic heterocycles. The number of ether oxygens (including phenoxy) is 3. The number of carbonyl (C=O) groups excluding carboxylic acids is 3. The van der Waals surface area contributed by atoms with Gasteiger partial charge in [-0.15, -0.1) is 13.2 Å². The highest BCUT2D eigenvalue weighted by molar-refractivity contribution is 6.06. The van der Waals surface area contributed by atoms with Gasteiger partial charge in [0.2, 0.25) is 11.8 Å². The van der Waals surface area contributed by atoms with Gasteiger partial charge in [-0.3, -0.25) is 14.4 Å². The minimum atomic E-state index is -1.29. The lowest BCUT2D eigenvalue weighted by Gasteiger charge is -2.39. The second kappa shape index (κ2) is 14.3.